The van der Waals surface area contributed by atoms with E-state index >= 15 is 0 Å². The quantitative estimate of drug-likeness (QED) is 0.826. The maximum absolute atomic E-state index is 5.42. The standard InChI is InChI=1S/C15H21N3O/c1-17(8-4-11-18-9-2-3-10-18)15-13-6-12-19-14(13)5-7-16-15/h5-7,12H,2-4,8-11H2,1H3. The Bertz CT molecular complexity index is 531. The first-order valence-electron chi connectivity index (χ1n) is 7.10. The van der Waals surface area contributed by atoms with Crippen molar-refractivity contribution in [2.45, 2.75) is 19.3 Å². The van der Waals surface area contributed by atoms with Gasteiger partial charge in [0.2, 0.25) is 0 Å². The molecule has 0 spiro atoms. The summed E-state index contributed by atoms with van der Waals surface area (Å²) in [5.74, 6) is 1.02. The zero-order valence-electron chi connectivity index (χ0n) is 11.5. The fraction of sp³-hybridized carbons (Fsp3) is 0.533. The van der Waals surface area contributed by atoms with Gasteiger partial charge in [-0.25, -0.2) is 4.98 Å². The molecule has 19 heavy (non-hydrogen) atoms. The predicted octanol–water partition coefficient (Wildman–Crippen LogP) is 2.75. The van der Waals surface area contributed by atoms with E-state index in [0.29, 0.717) is 0 Å². The summed E-state index contributed by atoms with van der Waals surface area (Å²) in [7, 11) is 2.11. The van der Waals surface area contributed by atoms with E-state index in [0.717, 1.165) is 23.3 Å². The van der Waals surface area contributed by atoms with Crippen LogP contribution in [-0.4, -0.2) is 43.1 Å². The van der Waals surface area contributed by atoms with Crippen LogP contribution >= 0.6 is 0 Å². The molecule has 2 aromatic rings. The van der Waals surface area contributed by atoms with Gasteiger partial charge >= 0.3 is 0 Å². The summed E-state index contributed by atoms with van der Waals surface area (Å²) in [5, 5.41) is 1.10. The highest BCUT2D eigenvalue weighted by Crippen LogP contribution is 2.24. The first-order valence-corrected chi connectivity index (χ1v) is 7.10. The lowest BCUT2D eigenvalue weighted by atomic mass is 10.3. The van der Waals surface area contributed by atoms with Crippen LogP contribution in [-0.2, 0) is 0 Å². The summed E-state index contributed by atoms with van der Waals surface area (Å²) >= 11 is 0. The summed E-state index contributed by atoms with van der Waals surface area (Å²) in [4.78, 5) is 9.27. The van der Waals surface area contributed by atoms with Crippen LogP contribution < -0.4 is 4.90 Å². The average molecular weight is 259 g/mol. The minimum Gasteiger partial charge on any atom is -0.464 e. The summed E-state index contributed by atoms with van der Waals surface area (Å²) in [6.45, 7) is 4.79. The van der Waals surface area contributed by atoms with Crippen molar-refractivity contribution in [3.63, 3.8) is 0 Å². The third-order valence-corrected chi connectivity index (χ3v) is 3.89. The number of hydrogen-bond acceptors (Lipinski definition) is 4. The second kappa shape index (κ2) is 5.61. The average Bonchev–Trinajstić information content (AvgIpc) is 3.08. The Morgan fingerprint density at radius 3 is 3.00 bits per heavy atom. The van der Waals surface area contributed by atoms with E-state index in [2.05, 4.69) is 21.8 Å². The molecule has 0 radical (unpaired) electrons. The maximum atomic E-state index is 5.42. The van der Waals surface area contributed by atoms with E-state index < -0.39 is 0 Å². The molecule has 3 rings (SSSR count). The van der Waals surface area contributed by atoms with Gasteiger partial charge in [-0.05, 0) is 51.0 Å². The van der Waals surface area contributed by atoms with Gasteiger partial charge < -0.3 is 14.2 Å². The molecule has 0 N–H and O–H groups in total. The summed E-state index contributed by atoms with van der Waals surface area (Å²) in [6, 6.07) is 3.91. The fourth-order valence-electron chi connectivity index (χ4n) is 2.83. The van der Waals surface area contributed by atoms with Crippen LogP contribution in [0.5, 0.6) is 0 Å². The lowest BCUT2D eigenvalue weighted by molar-refractivity contribution is 0.335. The molecule has 1 aliphatic heterocycles. The fourth-order valence-corrected chi connectivity index (χ4v) is 2.83. The molecule has 0 aliphatic carbocycles. The van der Waals surface area contributed by atoms with Gasteiger partial charge in [0.05, 0.1) is 11.6 Å². The molecule has 0 bridgehead atoms. The van der Waals surface area contributed by atoms with Crippen molar-refractivity contribution in [2.24, 2.45) is 0 Å². The van der Waals surface area contributed by atoms with Gasteiger partial charge in [-0.3, -0.25) is 0 Å². The first kappa shape index (κ1) is 12.5. The van der Waals surface area contributed by atoms with Crippen LogP contribution in [0.2, 0.25) is 0 Å². The number of rotatable bonds is 5. The first-order chi connectivity index (χ1) is 9.34. The molecule has 3 heterocycles. The van der Waals surface area contributed by atoms with E-state index in [1.807, 2.05) is 18.3 Å². The Morgan fingerprint density at radius 1 is 1.32 bits per heavy atom. The number of hydrogen-bond donors (Lipinski definition) is 0. The van der Waals surface area contributed by atoms with Gasteiger partial charge in [0.25, 0.3) is 0 Å². The minimum absolute atomic E-state index is 0.913. The zero-order valence-corrected chi connectivity index (χ0v) is 11.5. The Kier molecular flexibility index (Phi) is 3.69. The Labute approximate surface area is 114 Å². The molecule has 2 aromatic heterocycles. The largest absolute Gasteiger partial charge is 0.464 e. The van der Waals surface area contributed by atoms with Crippen LogP contribution in [0.4, 0.5) is 5.82 Å². The van der Waals surface area contributed by atoms with Gasteiger partial charge in [0.1, 0.15) is 11.4 Å². The minimum atomic E-state index is 0.913. The number of likely N-dealkylation sites (tertiary alicyclic amines) is 1. The topological polar surface area (TPSA) is 32.5 Å². The summed E-state index contributed by atoms with van der Waals surface area (Å²) in [6.07, 6.45) is 7.47. The van der Waals surface area contributed by atoms with Crippen molar-refractivity contribution in [1.29, 1.82) is 0 Å². The Balaban J connectivity index is 1.60. The highest BCUT2D eigenvalue weighted by Gasteiger charge is 2.12. The van der Waals surface area contributed by atoms with Crippen molar-refractivity contribution in [3.8, 4) is 0 Å². The van der Waals surface area contributed by atoms with Gasteiger partial charge in [0, 0.05) is 19.8 Å². The molecule has 4 heteroatoms. The molecule has 0 aromatic carbocycles. The Morgan fingerprint density at radius 2 is 2.16 bits per heavy atom. The number of furan rings is 1. The van der Waals surface area contributed by atoms with Gasteiger partial charge in [-0.15, -0.1) is 0 Å². The Hall–Kier alpha value is -1.55. The van der Waals surface area contributed by atoms with Crippen LogP contribution in [0, 0.1) is 0 Å². The summed E-state index contributed by atoms with van der Waals surface area (Å²) < 4.78 is 5.42. The van der Waals surface area contributed by atoms with E-state index in [1.54, 1.807) is 6.26 Å². The molecule has 0 saturated carbocycles. The monoisotopic (exact) mass is 259 g/mol. The van der Waals surface area contributed by atoms with E-state index in [-0.39, 0.29) is 0 Å². The van der Waals surface area contributed by atoms with Crippen LogP contribution in [0.3, 0.4) is 0 Å². The SMILES string of the molecule is CN(CCCN1CCCC1)c1nccc2occc12. The molecule has 1 aliphatic rings. The van der Waals surface area contributed by atoms with E-state index in [4.69, 9.17) is 4.42 Å². The second-order valence-electron chi connectivity index (χ2n) is 5.29. The molecule has 4 nitrogen and oxygen atoms in total. The normalized spacial score (nSPS) is 16.3. The molecular weight excluding hydrogens is 238 g/mol. The summed E-state index contributed by atoms with van der Waals surface area (Å²) in [5.41, 5.74) is 0.913. The van der Waals surface area contributed by atoms with Crippen molar-refractivity contribution >= 4 is 16.8 Å². The third-order valence-electron chi connectivity index (χ3n) is 3.89. The second-order valence-corrected chi connectivity index (χ2v) is 5.29. The van der Waals surface area contributed by atoms with Crippen molar-refractivity contribution < 1.29 is 4.42 Å². The molecule has 1 fully saturated rings. The van der Waals surface area contributed by atoms with Crippen LogP contribution in [0.25, 0.3) is 11.0 Å². The number of aromatic nitrogens is 1. The maximum Gasteiger partial charge on any atom is 0.139 e. The number of nitrogens with zero attached hydrogens (tertiary/aromatic N) is 3. The number of fused-ring (bicyclic) bond motifs is 1. The van der Waals surface area contributed by atoms with E-state index in [1.165, 1.54) is 38.9 Å². The highest BCUT2D eigenvalue weighted by atomic mass is 16.3. The molecular formula is C15H21N3O. The zero-order chi connectivity index (χ0) is 13.1. The van der Waals surface area contributed by atoms with Gasteiger partial charge in [-0.1, -0.05) is 0 Å². The molecule has 102 valence electrons. The smallest absolute Gasteiger partial charge is 0.139 e. The molecule has 0 unspecified atom stereocenters. The molecule has 0 atom stereocenters. The number of pyridine rings is 1. The third kappa shape index (κ3) is 2.73. The predicted molar refractivity (Wildman–Crippen MR) is 77.6 cm³/mol. The van der Waals surface area contributed by atoms with Gasteiger partial charge in [0.15, 0.2) is 0 Å². The van der Waals surface area contributed by atoms with Gasteiger partial charge in [-0.2, -0.15) is 0 Å². The highest BCUT2D eigenvalue weighted by molar-refractivity contribution is 5.88. The van der Waals surface area contributed by atoms with E-state index in [9.17, 15) is 0 Å². The van der Waals surface area contributed by atoms with Crippen LogP contribution in [0.1, 0.15) is 19.3 Å². The number of anilines is 1. The van der Waals surface area contributed by atoms with Crippen molar-refractivity contribution in [3.05, 3.63) is 24.6 Å². The lowest BCUT2D eigenvalue weighted by Gasteiger charge is -2.21. The molecule has 1 saturated heterocycles. The van der Waals surface area contributed by atoms with Crippen molar-refractivity contribution in [1.82, 2.24) is 9.88 Å². The lowest BCUT2D eigenvalue weighted by Crippen LogP contribution is -2.26. The van der Waals surface area contributed by atoms with Crippen molar-refractivity contribution in [2.75, 3.05) is 38.1 Å². The molecule has 0 amide bonds. The van der Waals surface area contributed by atoms with Crippen LogP contribution in [0.15, 0.2) is 29.0 Å².